The average molecular weight is 238 g/mol. The van der Waals surface area contributed by atoms with Gasteiger partial charge in [0.1, 0.15) is 12.0 Å². The minimum atomic E-state index is 0.440. The van der Waals surface area contributed by atoms with E-state index in [1.54, 1.807) is 6.33 Å². The zero-order valence-electron chi connectivity index (χ0n) is 10.2. The van der Waals surface area contributed by atoms with E-state index in [0.29, 0.717) is 6.54 Å². The van der Waals surface area contributed by atoms with E-state index in [2.05, 4.69) is 41.2 Å². The molecule has 2 heterocycles. The summed E-state index contributed by atoms with van der Waals surface area (Å²) in [7, 11) is 0. The molecule has 2 N–H and O–H groups in total. The van der Waals surface area contributed by atoms with Gasteiger partial charge in [-0.05, 0) is 12.5 Å². The first-order valence-electron chi connectivity index (χ1n) is 5.86. The molecule has 18 heavy (non-hydrogen) atoms. The lowest BCUT2D eigenvalue weighted by Gasteiger charge is -2.03. The van der Waals surface area contributed by atoms with Crippen molar-refractivity contribution in [2.45, 2.75) is 13.5 Å². The Morgan fingerprint density at radius 3 is 2.72 bits per heavy atom. The first-order chi connectivity index (χ1) is 8.78. The van der Waals surface area contributed by atoms with Crippen LogP contribution in [-0.2, 0) is 6.54 Å². The summed E-state index contributed by atoms with van der Waals surface area (Å²) in [6, 6.07) is 8.35. The maximum Gasteiger partial charge on any atom is 0.147 e. The van der Waals surface area contributed by atoms with Gasteiger partial charge in [-0.15, -0.1) is 0 Å². The van der Waals surface area contributed by atoms with Crippen LogP contribution in [0, 0.1) is 6.92 Å². The van der Waals surface area contributed by atoms with Gasteiger partial charge in [0.2, 0.25) is 0 Å². The van der Waals surface area contributed by atoms with E-state index in [0.717, 1.165) is 22.5 Å². The normalized spacial score (nSPS) is 11.0. The Morgan fingerprint density at radius 1 is 1.22 bits per heavy atom. The lowest BCUT2D eigenvalue weighted by atomic mass is 10.1. The number of rotatable bonds is 2. The van der Waals surface area contributed by atoms with E-state index >= 15 is 0 Å². The van der Waals surface area contributed by atoms with Crippen molar-refractivity contribution in [2.24, 2.45) is 5.73 Å². The summed E-state index contributed by atoms with van der Waals surface area (Å²) in [4.78, 5) is 8.77. The maximum absolute atomic E-state index is 5.63. The van der Waals surface area contributed by atoms with Crippen LogP contribution in [0.3, 0.4) is 0 Å². The van der Waals surface area contributed by atoms with E-state index in [4.69, 9.17) is 5.73 Å². The summed E-state index contributed by atoms with van der Waals surface area (Å²) < 4.78 is 1.91. The highest BCUT2D eigenvalue weighted by Crippen LogP contribution is 2.23. The summed E-state index contributed by atoms with van der Waals surface area (Å²) >= 11 is 0. The lowest BCUT2D eigenvalue weighted by Crippen LogP contribution is -1.95. The van der Waals surface area contributed by atoms with Crippen LogP contribution in [0.4, 0.5) is 0 Å². The molecule has 2 aromatic heterocycles. The monoisotopic (exact) mass is 238 g/mol. The first kappa shape index (κ1) is 10.9. The fraction of sp³-hybridized carbons (Fsp3) is 0.143. The van der Waals surface area contributed by atoms with Crippen LogP contribution in [0.25, 0.3) is 16.8 Å². The largest absolute Gasteiger partial charge is 0.325 e. The molecular weight excluding hydrogens is 224 g/mol. The van der Waals surface area contributed by atoms with Crippen LogP contribution in [0.15, 0.2) is 43.0 Å². The van der Waals surface area contributed by atoms with E-state index in [-0.39, 0.29) is 0 Å². The number of hydrogen-bond acceptors (Lipinski definition) is 3. The third-order valence-corrected chi connectivity index (χ3v) is 2.99. The van der Waals surface area contributed by atoms with Gasteiger partial charge in [0, 0.05) is 24.5 Å². The van der Waals surface area contributed by atoms with Gasteiger partial charge >= 0.3 is 0 Å². The Kier molecular flexibility index (Phi) is 2.57. The van der Waals surface area contributed by atoms with Crippen molar-refractivity contribution < 1.29 is 0 Å². The van der Waals surface area contributed by atoms with E-state index in [1.165, 1.54) is 5.56 Å². The van der Waals surface area contributed by atoms with Gasteiger partial charge in [0.25, 0.3) is 0 Å². The molecule has 0 amide bonds. The zero-order valence-corrected chi connectivity index (χ0v) is 10.2. The highest BCUT2D eigenvalue weighted by molar-refractivity contribution is 5.76. The first-order valence-corrected chi connectivity index (χ1v) is 5.86. The molecule has 0 radical (unpaired) electrons. The quantitative estimate of drug-likeness (QED) is 0.744. The summed E-state index contributed by atoms with van der Waals surface area (Å²) in [6.45, 7) is 2.51. The van der Waals surface area contributed by atoms with E-state index in [9.17, 15) is 0 Å². The summed E-state index contributed by atoms with van der Waals surface area (Å²) in [5.41, 5.74) is 10.8. The molecule has 0 unspecified atom stereocenters. The molecule has 0 saturated carbocycles. The third kappa shape index (κ3) is 1.76. The highest BCUT2D eigenvalue weighted by Gasteiger charge is 2.07. The molecule has 0 bridgehead atoms. The number of nitrogens with two attached hydrogens (primary N) is 1. The number of benzene rings is 1. The Bertz CT molecular complexity index is 683. The van der Waals surface area contributed by atoms with Gasteiger partial charge in [0.15, 0.2) is 0 Å². The number of aromatic nitrogens is 3. The van der Waals surface area contributed by atoms with Crippen molar-refractivity contribution in [3.63, 3.8) is 0 Å². The van der Waals surface area contributed by atoms with Crippen LogP contribution in [0.2, 0.25) is 0 Å². The predicted octanol–water partition coefficient (Wildman–Crippen LogP) is 2.16. The SMILES string of the molecule is Cc1ccc(-c2cncn3cc(CN)nc23)cc1. The summed E-state index contributed by atoms with van der Waals surface area (Å²) in [5.74, 6) is 0. The van der Waals surface area contributed by atoms with Crippen LogP contribution in [-0.4, -0.2) is 14.4 Å². The van der Waals surface area contributed by atoms with Crippen molar-refractivity contribution in [1.82, 2.24) is 14.4 Å². The molecule has 4 nitrogen and oxygen atoms in total. The Balaban J connectivity index is 2.22. The molecule has 3 rings (SSSR count). The molecule has 0 aliphatic rings. The second-order valence-corrected chi connectivity index (χ2v) is 4.34. The maximum atomic E-state index is 5.63. The fourth-order valence-electron chi connectivity index (χ4n) is 2.00. The number of fused-ring (bicyclic) bond motifs is 1. The molecular formula is C14H14N4. The summed E-state index contributed by atoms with van der Waals surface area (Å²) in [6.07, 6.45) is 5.51. The van der Waals surface area contributed by atoms with Crippen LogP contribution in [0.5, 0.6) is 0 Å². The Labute approximate surface area is 105 Å². The van der Waals surface area contributed by atoms with Crippen molar-refractivity contribution in [3.8, 4) is 11.1 Å². The van der Waals surface area contributed by atoms with Gasteiger partial charge < -0.3 is 5.73 Å². The molecule has 1 aromatic carbocycles. The smallest absolute Gasteiger partial charge is 0.147 e. The number of imidazole rings is 1. The van der Waals surface area contributed by atoms with Crippen molar-refractivity contribution in [1.29, 1.82) is 0 Å². The second-order valence-electron chi connectivity index (χ2n) is 4.34. The molecule has 0 aliphatic heterocycles. The summed E-state index contributed by atoms with van der Waals surface area (Å²) in [5, 5.41) is 0. The molecule has 0 saturated heterocycles. The van der Waals surface area contributed by atoms with Gasteiger partial charge in [-0.2, -0.15) is 0 Å². The van der Waals surface area contributed by atoms with E-state index in [1.807, 2.05) is 16.8 Å². The third-order valence-electron chi connectivity index (χ3n) is 2.99. The molecule has 0 spiro atoms. The Hall–Kier alpha value is -2.20. The van der Waals surface area contributed by atoms with Gasteiger partial charge in [-0.1, -0.05) is 29.8 Å². The minimum absolute atomic E-state index is 0.440. The second kappa shape index (κ2) is 4.23. The van der Waals surface area contributed by atoms with E-state index < -0.39 is 0 Å². The van der Waals surface area contributed by atoms with Crippen molar-refractivity contribution in [2.75, 3.05) is 0 Å². The lowest BCUT2D eigenvalue weighted by molar-refractivity contribution is 1.01. The van der Waals surface area contributed by atoms with Crippen molar-refractivity contribution >= 4 is 5.65 Å². The van der Waals surface area contributed by atoms with Gasteiger partial charge in [0.05, 0.1) is 5.69 Å². The molecule has 90 valence electrons. The van der Waals surface area contributed by atoms with Crippen LogP contribution >= 0.6 is 0 Å². The van der Waals surface area contributed by atoms with Crippen molar-refractivity contribution in [3.05, 3.63) is 54.2 Å². The molecule has 0 aliphatic carbocycles. The predicted molar refractivity (Wildman–Crippen MR) is 71.1 cm³/mol. The molecule has 4 heteroatoms. The van der Waals surface area contributed by atoms with Crippen LogP contribution < -0.4 is 5.73 Å². The fourth-order valence-corrected chi connectivity index (χ4v) is 2.00. The average Bonchev–Trinajstić information content (AvgIpc) is 2.82. The minimum Gasteiger partial charge on any atom is -0.325 e. The standard InChI is InChI=1S/C14H14N4/c1-10-2-4-11(5-3-10)13-7-16-9-18-8-12(6-15)17-14(13)18/h2-5,7-9H,6,15H2,1H3. The number of nitrogens with zero attached hydrogens (tertiary/aromatic N) is 3. The number of aryl methyl sites for hydroxylation is 1. The topological polar surface area (TPSA) is 56.2 Å². The highest BCUT2D eigenvalue weighted by atomic mass is 15.0. The molecule has 0 atom stereocenters. The number of hydrogen-bond donors (Lipinski definition) is 1. The Morgan fingerprint density at radius 2 is 2.00 bits per heavy atom. The zero-order chi connectivity index (χ0) is 12.5. The molecule has 3 aromatic rings. The van der Waals surface area contributed by atoms with Gasteiger partial charge in [-0.25, -0.2) is 9.97 Å². The van der Waals surface area contributed by atoms with Crippen LogP contribution in [0.1, 0.15) is 11.3 Å². The van der Waals surface area contributed by atoms with Gasteiger partial charge in [-0.3, -0.25) is 4.40 Å². The molecule has 0 fully saturated rings.